The Morgan fingerprint density at radius 2 is 0.765 bits per heavy atom. The summed E-state index contributed by atoms with van der Waals surface area (Å²) in [6.07, 6.45) is 68.0. The van der Waals surface area contributed by atoms with Crippen LogP contribution in [-0.4, -0.2) is 89.2 Å². The molecule has 0 aromatic carbocycles. The Hall–Kier alpha value is -4.36. The summed E-state index contributed by atoms with van der Waals surface area (Å²) in [5.74, 6) is -3.23. The zero-order valence-electron chi connectivity index (χ0n) is 53.8. The molecular weight excluding hydrogens is 1070 g/mol. The molecule has 1 heterocycles. The van der Waals surface area contributed by atoms with Crippen LogP contribution in [0.4, 0.5) is 0 Å². The first kappa shape index (κ1) is 78.7. The van der Waals surface area contributed by atoms with Crippen molar-refractivity contribution in [1.29, 1.82) is 0 Å². The second-order valence-corrected chi connectivity index (χ2v) is 23.1. The van der Waals surface area contributed by atoms with E-state index in [4.69, 9.17) is 23.7 Å². The summed E-state index contributed by atoms with van der Waals surface area (Å²) < 4.78 is 28.5. The third-order valence-electron chi connectivity index (χ3n) is 15.1. The minimum Gasteiger partial charge on any atom is -0.479 e. The van der Waals surface area contributed by atoms with Crippen LogP contribution in [-0.2, 0) is 42.9 Å². The molecule has 1 aliphatic rings. The maximum Gasteiger partial charge on any atom is 0.335 e. The third kappa shape index (κ3) is 49.3. The van der Waals surface area contributed by atoms with E-state index in [1.54, 1.807) is 0 Å². The standard InChI is InChI=1S/C73H122O12/c1-4-7-10-13-16-19-22-25-28-31-33-36-38-41-44-47-50-53-56-59-65(74)81-62-64(83-66(75)60-57-54-51-48-45-42-39-35-30-27-24-21-18-15-12-9-6-3)63-82-73-71(69(78)68(77)70(85-73)72(79)80)84-67(76)61-58-55-52-49-46-43-40-37-34-32-29-26-23-20-17-14-11-8-5-2/h8,11,17,20,25-30,34,37,43,46,52,55,64,68-71,73,77-78H,4-7,9-10,12-16,18-19,21-24,31-33,35-36,38-42,44-45,47-51,53-54,56-63H2,1-3H3,(H,79,80)/b11-8-,20-17-,28-25-,29-26-,30-27-,37-34-,46-43-,55-52-. The number of hydrogen-bond acceptors (Lipinski definition) is 11. The zero-order valence-corrected chi connectivity index (χ0v) is 53.8. The molecule has 6 atom stereocenters. The summed E-state index contributed by atoms with van der Waals surface area (Å²) in [7, 11) is 0. The molecule has 3 N–H and O–H groups in total. The van der Waals surface area contributed by atoms with Crippen molar-refractivity contribution in [3.8, 4) is 0 Å². The van der Waals surface area contributed by atoms with Crippen molar-refractivity contribution >= 4 is 23.9 Å². The van der Waals surface area contributed by atoms with Crippen molar-refractivity contribution in [3.63, 3.8) is 0 Å². The molecule has 486 valence electrons. The van der Waals surface area contributed by atoms with Crippen LogP contribution in [0.15, 0.2) is 97.2 Å². The molecule has 0 radical (unpaired) electrons. The van der Waals surface area contributed by atoms with Gasteiger partial charge in [-0.1, -0.05) is 259 Å². The molecule has 0 spiro atoms. The van der Waals surface area contributed by atoms with Crippen LogP contribution >= 0.6 is 0 Å². The lowest BCUT2D eigenvalue weighted by Crippen LogP contribution is -2.61. The number of carbonyl (C=O) groups is 4. The van der Waals surface area contributed by atoms with Gasteiger partial charge in [0.2, 0.25) is 0 Å². The Morgan fingerprint density at radius 1 is 0.400 bits per heavy atom. The quantitative estimate of drug-likeness (QED) is 0.0228. The normalized spacial score (nSPS) is 18.1. The molecule has 0 aromatic rings. The van der Waals surface area contributed by atoms with Crippen LogP contribution in [0, 0.1) is 0 Å². The SMILES string of the molecule is CC/C=C\C/C=C\C/C=C\C/C=C\C/C=C\C/C=C\CCC(=O)OC1C(OCC(COC(=O)CCCCCCCCCCC/C=C\CCCCCCCC)OC(=O)CCCCCCCCC/C=C\CCCCCCCC)OC(C(=O)O)C(O)C1O. The van der Waals surface area contributed by atoms with Crippen LogP contribution in [0.1, 0.15) is 290 Å². The predicted octanol–water partition coefficient (Wildman–Crippen LogP) is 18.8. The molecule has 0 saturated carbocycles. The van der Waals surface area contributed by atoms with Crippen molar-refractivity contribution in [1.82, 2.24) is 0 Å². The summed E-state index contributed by atoms with van der Waals surface area (Å²) in [5, 5.41) is 31.6. The molecule has 0 aliphatic carbocycles. The van der Waals surface area contributed by atoms with E-state index >= 15 is 0 Å². The fourth-order valence-corrected chi connectivity index (χ4v) is 9.91. The fraction of sp³-hybridized carbons (Fsp3) is 0.726. The van der Waals surface area contributed by atoms with E-state index in [-0.39, 0.29) is 25.9 Å². The van der Waals surface area contributed by atoms with Crippen molar-refractivity contribution in [3.05, 3.63) is 97.2 Å². The molecule has 12 nitrogen and oxygen atoms in total. The Bertz CT molecular complexity index is 1840. The highest BCUT2D eigenvalue weighted by Gasteiger charge is 2.50. The zero-order chi connectivity index (χ0) is 61.7. The van der Waals surface area contributed by atoms with Gasteiger partial charge in [-0.2, -0.15) is 0 Å². The molecular formula is C73H122O12. The molecule has 0 aromatic heterocycles. The van der Waals surface area contributed by atoms with Gasteiger partial charge < -0.3 is 39.0 Å². The number of carboxylic acid groups (broad SMARTS) is 1. The Kier molecular flexibility index (Phi) is 55.5. The van der Waals surface area contributed by atoms with Crippen LogP contribution in [0.2, 0.25) is 0 Å². The number of hydrogen-bond donors (Lipinski definition) is 3. The van der Waals surface area contributed by atoms with Gasteiger partial charge >= 0.3 is 23.9 Å². The number of unbranched alkanes of at least 4 members (excludes halogenated alkanes) is 28. The number of aliphatic hydroxyl groups is 2. The highest BCUT2D eigenvalue weighted by molar-refractivity contribution is 5.74. The number of carboxylic acids is 1. The number of carbonyl (C=O) groups excluding carboxylic acids is 3. The molecule has 1 aliphatic heterocycles. The average molecular weight is 1190 g/mol. The van der Waals surface area contributed by atoms with Gasteiger partial charge in [0, 0.05) is 19.3 Å². The number of aliphatic carboxylic acids is 1. The molecule has 1 fully saturated rings. The first-order valence-corrected chi connectivity index (χ1v) is 34.2. The lowest BCUT2D eigenvalue weighted by molar-refractivity contribution is -0.301. The summed E-state index contributed by atoms with van der Waals surface area (Å²) in [6, 6.07) is 0. The minimum atomic E-state index is -1.93. The van der Waals surface area contributed by atoms with Crippen LogP contribution in [0.3, 0.4) is 0 Å². The van der Waals surface area contributed by atoms with Gasteiger partial charge in [0.15, 0.2) is 24.6 Å². The van der Waals surface area contributed by atoms with Gasteiger partial charge in [-0.3, -0.25) is 14.4 Å². The highest BCUT2D eigenvalue weighted by atomic mass is 16.7. The van der Waals surface area contributed by atoms with Gasteiger partial charge in [-0.25, -0.2) is 4.79 Å². The van der Waals surface area contributed by atoms with Gasteiger partial charge in [-0.05, 0) is 109 Å². The summed E-state index contributed by atoms with van der Waals surface area (Å²) >= 11 is 0. The van der Waals surface area contributed by atoms with E-state index in [0.717, 1.165) is 83.5 Å². The molecule has 1 saturated heterocycles. The maximum absolute atomic E-state index is 13.2. The van der Waals surface area contributed by atoms with Gasteiger partial charge in [0.25, 0.3) is 0 Å². The molecule has 12 heteroatoms. The van der Waals surface area contributed by atoms with Crippen LogP contribution in [0.25, 0.3) is 0 Å². The Labute approximate surface area is 517 Å². The summed E-state index contributed by atoms with van der Waals surface area (Å²) in [4.78, 5) is 51.4. The lowest BCUT2D eigenvalue weighted by atomic mass is 9.98. The van der Waals surface area contributed by atoms with Crippen LogP contribution in [0.5, 0.6) is 0 Å². The largest absolute Gasteiger partial charge is 0.479 e. The number of ether oxygens (including phenoxy) is 5. The predicted molar refractivity (Wildman–Crippen MR) is 349 cm³/mol. The van der Waals surface area contributed by atoms with Crippen molar-refractivity contribution in [2.75, 3.05) is 13.2 Å². The second-order valence-electron chi connectivity index (χ2n) is 23.1. The average Bonchev–Trinajstić information content (AvgIpc) is 2.79. The van der Waals surface area contributed by atoms with Crippen molar-refractivity contribution < 1.29 is 58.2 Å². The lowest BCUT2D eigenvalue weighted by Gasteiger charge is -2.40. The first-order chi connectivity index (χ1) is 41.6. The van der Waals surface area contributed by atoms with Crippen LogP contribution < -0.4 is 0 Å². The summed E-state index contributed by atoms with van der Waals surface area (Å²) in [6.45, 7) is 5.87. The fourth-order valence-electron chi connectivity index (χ4n) is 9.91. The number of aliphatic hydroxyl groups excluding tert-OH is 2. The van der Waals surface area contributed by atoms with E-state index in [1.165, 1.54) is 141 Å². The van der Waals surface area contributed by atoms with Crippen molar-refractivity contribution in [2.45, 2.75) is 327 Å². The van der Waals surface area contributed by atoms with E-state index in [0.29, 0.717) is 25.7 Å². The smallest absolute Gasteiger partial charge is 0.335 e. The van der Waals surface area contributed by atoms with Gasteiger partial charge in [0.1, 0.15) is 18.8 Å². The monoisotopic (exact) mass is 1190 g/mol. The molecule has 85 heavy (non-hydrogen) atoms. The third-order valence-corrected chi connectivity index (χ3v) is 15.1. The molecule has 0 bridgehead atoms. The molecule has 1 rings (SSSR count). The maximum atomic E-state index is 13.2. The highest BCUT2D eigenvalue weighted by Crippen LogP contribution is 2.26. The van der Waals surface area contributed by atoms with E-state index in [2.05, 4.69) is 99.8 Å². The molecule has 6 unspecified atom stereocenters. The number of allylic oxidation sites excluding steroid dienone is 16. The summed E-state index contributed by atoms with van der Waals surface area (Å²) in [5.41, 5.74) is 0. The number of rotatable bonds is 58. The Balaban J connectivity index is 2.69. The van der Waals surface area contributed by atoms with E-state index < -0.39 is 67.3 Å². The van der Waals surface area contributed by atoms with E-state index in [9.17, 15) is 34.5 Å². The minimum absolute atomic E-state index is 0.0680. The topological polar surface area (TPSA) is 175 Å². The van der Waals surface area contributed by atoms with E-state index in [1.807, 2.05) is 18.2 Å². The van der Waals surface area contributed by atoms with Crippen molar-refractivity contribution in [2.24, 2.45) is 0 Å². The first-order valence-electron chi connectivity index (χ1n) is 34.2. The molecule has 0 amide bonds. The van der Waals surface area contributed by atoms with Gasteiger partial charge in [-0.15, -0.1) is 0 Å². The van der Waals surface area contributed by atoms with Gasteiger partial charge in [0.05, 0.1) is 6.61 Å². The number of esters is 3. The Morgan fingerprint density at radius 3 is 1.18 bits per heavy atom. The second kappa shape index (κ2) is 59.9.